The van der Waals surface area contributed by atoms with E-state index in [9.17, 15) is 13.2 Å². The van der Waals surface area contributed by atoms with Gasteiger partial charge in [-0.05, 0) is 37.5 Å². The number of anilines is 1. The number of carbonyl (C=O) groups excluding carboxylic acids is 1. The van der Waals surface area contributed by atoms with E-state index in [0.29, 0.717) is 32.0 Å². The molecule has 0 saturated carbocycles. The fourth-order valence-electron chi connectivity index (χ4n) is 3.26. The van der Waals surface area contributed by atoms with E-state index in [4.69, 9.17) is 9.47 Å². The molecule has 1 aromatic carbocycles. The van der Waals surface area contributed by atoms with Crippen molar-refractivity contribution in [2.45, 2.75) is 30.8 Å². The molecule has 1 atom stereocenters. The molecule has 2 aliphatic heterocycles. The zero-order chi connectivity index (χ0) is 19.3. The van der Waals surface area contributed by atoms with Crippen molar-refractivity contribution in [2.75, 3.05) is 51.3 Å². The van der Waals surface area contributed by atoms with Crippen molar-refractivity contribution in [1.29, 1.82) is 0 Å². The van der Waals surface area contributed by atoms with Crippen LogP contribution in [0.4, 0.5) is 5.69 Å². The van der Waals surface area contributed by atoms with Crippen LogP contribution >= 0.6 is 0 Å². The van der Waals surface area contributed by atoms with Gasteiger partial charge in [0.05, 0.1) is 18.1 Å². The minimum Gasteiger partial charge on any atom is -0.379 e. The molecule has 9 heteroatoms. The van der Waals surface area contributed by atoms with Crippen LogP contribution in [-0.2, 0) is 24.3 Å². The van der Waals surface area contributed by atoms with E-state index in [2.05, 4.69) is 5.32 Å². The Bertz CT molecular complexity index is 756. The van der Waals surface area contributed by atoms with E-state index in [1.54, 1.807) is 12.1 Å². The number of rotatable bonds is 7. The van der Waals surface area contributed by atoms with Gasteiger partial charge in [-0.15, -0.1) is 0 Å². The smallest absolute Gasteiger partial charge is 0.279 e. The van der Waals surface area contributed by atoms with Gasteiger partial charge in [0.1, 0.15) is 12.6 Å². The lowest BCUT2D eigenvalue weighted by atomic mass is 10.2. The van der Waals surface area contributed by atoms with Crippen LogP contribution in [0.15, 0.2) is 23.1 Å². The molecule has 0 unspecified atom stereocenters. The summed E-state index contributed by atoms with van der Waals surface area (Å²) in [6.07, 6.45) is 2.34. The van der Waals surface area contributed by atoms with Gasteiger partial charge in [-0.2, -0.15) is 4.31 Å². The highest BCUT2D eigenvalue weighted by Gasteiger charge is 2.27. The Kier molecular flexibility index (Phi) is 6.83. The van der Waals surface area contributed by atoms with E-state index in [0.717, 1.165) is 31.6 Å². The van der Waals surface area contributed by atoms with E-state index < -0.39 is 10.0 Å². The summed E-state index contributed by atoms with van der Waals surface area (Å²) in [5.41, 5.74) is 1.35. The first-order chi connectivity index (χ1) is 13.0. The third-order valence-corrected chi connectivity index (χ3v) is 6.77. The zero-order valence-electron chi connectivity index (χ0n) is 15.6. The third-order valence-electron chi connectivity index (χ3n) is 4.87. The second-order valence-electron chi connectivity index (χ2n) is 6.90. The molecule has 2 heterocycles. The first kappa shape index (κ1) is 20.2. The van der Waals surface area contributed by atoms with Crippen LogP contribution in [0.5, 0.6) is 0 Å². The Hall–Kier alpha value is -1.52. The molecule has 0 aromatic heterocycles. The number of benzene rings is 1. The summed E-state index contributed by atoms with van der Waals surface area (Å²) in [6, 6.07) is 4.84. The van der Waals surface area contributed by atoms with Gasteiger partial charge >= 0.3 is 0 Å². The van der Waals surface area contributed by atoms with Gasteiger partial charge in [-0.1, -0.05) is 6.07 Å². The monoisotopic (exact) mass is 398 g/mol. The van der Waals surface area contributed by atoms with Crippen molar-refractivity contribution in [1.82, 2.24) is 4.31 Å². The van der Waals surface area contributed by atoms with E-state index >= 15 is 0 Å². The Morgan fingerprint density at radius 1 is 1.30 bits per heavy atom. The maximum atomic E-state index is 12.8. The molecule has 3 rings (SSSR count). The Labute approximate surface area is 160 Å². The van der Waals surface area contributed by atoms with Gasteiger partial charge in [-0.3, -0.25) is 4.79 Å². The number of aryl methyl sites for hydroxylation is 1. The molecule has 0 spiro atoms. The molecule has 2 saturated heterocycles. The van der Waals surface area contributed by atoms with Gasteiger partial charge in [0.15, 0.2) is 6.54 Å². The van der Waals surface area contributed by atoms with Crippen molar-refractivity contribution in [3.05, 3.63) is 23.8 Å². The molecule has 2 aliphatic rings. The summed E-state index contributed by atoms with van der Waals surface area (Å²) in [4.78, 5) is 12.4. The quantitative estimate of drug-likeness (QED) is 0.657. The number of nitrogens with one attached hydrogen (secondary N) is 1. The summed E-state index contributed by atoms with van der Waals surface area (Å²) >= 11 is 0. The van der Waals surface area contributed by atoms with Crippen LogP contribution in [0.25, 0.3) is 0 Å². The number of ether oxygens (including phenoxy) is 2. The standard InChI is InChI=1S/C18H27N3O5S/c1-14-4-5-16(27(23,24)21-6-9-25-10-7-21)11-17(14)20-18(22)13-19-12-15-3-2-8-26-15/h4-5,11,15,19H,2-3,6-10,12-13H2,1H3,(H,20,22)/p+1/t15-/m1/s1. The number of sulfonamides is 1. The summed E-state index contributed by atoms with van der Waals surface area (Å²) < 4.78 is 37.8. The number of amides is 1. The largest absolute Gasteiger partial charge is 0.379 e. The van der Waals surface area contributed by atoms with Crippen LogP contribution in [-0.4, -0.2) is 70.7 Å². The van der Waals surface area contributed by atoms with Crippen molar-refractivity contribution in [2.24, 2.45) is 0 Å². The Morgan fingerprint density at radius 3 is 2.78 bits per heavy atom. The molecule has 0 bridgehead atoms. The normalized spacial score (nSPS) is 21.3. The molecule has 27 heavy (non-hydrogen) atoms. The number of nitrogens with two attached hydrogens (primary N) is 1. The lowest BCUT2D eigenvalue weighted by molar-refractivity contribution is -0.649. The number of hydrogen-bond donors (Lipinski definition) is 2. The van der Waals surface area contributed by atoms with E-state index in [1.807, 2.05) is 12.2 Å². The molecule has 8 nitrogen and oxygen atoms in total. The maximum Gasteiger partial charge on any atom is 0.279 e. The average molecular weight is 399 g/mol. The summed E-state index contributed by atoms with van der Waals surface area (Å²) in [5, 5.41) is 4.76. The van der Waals surface area contributed by atoms with Gasteiger partial charge < -0.3 is 20.1 Å². The Morgan fingerprint density at radius 2 is 2.07 bits per heavy atom. The highest BCUT2D eigenvalue weighted by atomic mass is 32.2. The highest BCUT2D eigenvalue weighted by Crippen LogP contribution is 2.23. The lowest BCUT2D eigenvalue weighted by Gasteiger charge is -2.26. The van der Waals surface area contributed by atoms with Crippen molar-refractivity contribution in [3.63, 3.8) is 0 Å². The molecular formula is C18H28N3O5S+. The average Bonchev–Trinajstić information content (AvgIpc) is 3.17. The third kappa shape index (κ3) is 5.26. The van der Waals surface area contributed by atoms with Gasteiger partial charge in [0.25, 0.3) is 5.91 Å². The fraction of sp³-hybridized carbons (Fsp3) is 0.611. The number of carbonyl (C=O) groups is 1. The SMILES string of the molecule is Cc1ccc(S(=O)(=O)N2CCOCC2)cc1NC(=O)C[NH2+]C[C@H]1CCCO1. The number of quaternary nitrogens is 1. The van der Waals surface area contributed by atoms with Crippen LogP contribution in [0.1, 0.15) is 18.4 Å². The second kappa shape index (κ2) is 9.11. The van der Waals surface area contributed by atoms with Gasteiger partial charge in [-0.25, -0.2) is 8.42 Å². The molecule has 0 radical (unpaired) electrons. The van der Waals surface area contributed by atoms with E-state index in [1.165, 1.54) is 10.4 Å². The minimum absolute atomic E-state index is 0.156. The predicted molar refractivity (Wildman–Crippen MR) is 100 cm³/mol. The summed E-state index contributed by atoms with van der Waals surface area (Å²) in [5.74, 6) is -0.156. The second-order valence-corrected chi connectivity index (χ2v) is 8.84. The van der Waals surface area contributed by atoms with Crippen molar-refractivity contribution in [3.8, 4) is 0 Å². The van der Waals surface area contributed by atoms with Gasteiger partial charge in [0.2, 0.25) is 10.0 Å². The molecule has 150 valence electrons. The van der Waals surface area contributed by atoms with Crippen LogP contribution < -0.4 is 10.6 Å². The predicted octanol–water partition coefficient (Wildman–Crippen LogP) is -0.303. The summed E-state index contributed by atoms with van der Waals surface area (Å²) in [7, 11) is -3.59. The zero-order valence-corrected chi connectivity index (χ0v) is 16.5. The lowest BCUT2D eigenvalue weighted by Crippen LogP contribution is -2.88. The summed E-state index contributed by atoms with van der Waals surface area (Å²) in [6.45, 7) is 5.17. The number of nitrogens with zero attached hydrogens (tertiary/aromatic N) is 1. The highest BCUT2D eigenvalue weighted by molar-refractivity contribution is 7.89. The molecule has 3 N–H and O–H groups in total. The van der Waals surface area contributed by atoms with Crippen molar-refractivity contribution < 1.29 is 28.0 Å². The molecular weight excluding hydrogens is 370 g/mol. The molecule has 0 aliphatic carbocycles. The van der Waals surface area contributed by atoms with Crippen LogP contribution in [0, 0.1) is 6.92 Å². The van der Waals surface area contributed by atoms with Crippen molar-refractivity contribution >= 4 is 21.6 Å². The number of hydrogen-bond acceptors (Lipinski definition) is 5. The maximum absolute atomic E-state index is 12.8. The van der Waals surface area contributed by atoms with E-state index in [-0.39, 0.29) is 23.5 Å². The van der Waals surface area contributed by atoms with Crippen LogP contribution in [0.3, 0.4) is 0 Å². The topological polar surface area (TPSA) is 102 Å². The minimum atomic E-state index is -3.59. The Balaban J connectivity index is 1.61. The molecule has 1 aromatic rings. The van der Waals surface area contributed by atoms with Crippen LogP contribution in [0.2, 0.25) is 0 Å². The first-order valence-corrected chi connectivity index (χ1v) is 10.8. The number of morpholine rings is 1. The molecule has 2 fully saturated rings. The molecule has 1 amide bonds. The first-order valence-electron chi connectivity index (χ1n) is 9.38. The van der Waals surface area contributed by atoms with Gasteiger partial charge in [0, 0.05) is 25.4 Å². The fourth-order valence-corrected chi connectivity index (χ4v) is 4.70.